The standard InChI is InChI=1S/C13H22ClN5O/c1-4-19(10(2)9-20-3)13-16-11(14)15-12(17-13)18-7-5-6-8-18/h10H,4-9H2,1-3H3. The lowest BCUT2D eigenvalue weighted by molar-refractivity contribution is 0.181. The lowest BCUT2D eigenvalue weighted by Crippen LogP contribution is -2.38. The van der Waals surface area contributed by atoms with Crippen molar-refractivity contribution in [2.75, 3.05) is 43.2 Å². The summed E-state index contributed by atoms with van der Waals surface area (Å²) in [5, 5.41) is 0.250. The van der Waals surface area contributed by atoms with E-state index >= 15 is 0 Å². The maximum absolute atomic E-state index is 6.06. The van der Waals surface area contributed by atoms with Crippen LogP contribution < -0.4 is 9.80 Å². The summed E-state index contributed by atoms with van der Waals surface area (Å²) in [7, 11) is 1.69. The number of hydrogen-bond acceptors (Lipinski definition) is 6. The first kappa shape index (κ1) is 15.3. The summed E-state index contributed by atoms with van der Waals surface area (Å²) >= 11 is 6.06. The number of nitrogens with zero attached hydrogens (tertiary/aromatic N) is 5. The van der Waals surface area contributed by atoms with E-state index in [9.17, 15) is 0 Å². The van der Waals surface area contributed by atoms with Crippen molar-refractivity contribution in [3.63, 3.8) is 0 Å². The number of methoxy groups -OCH3 is 1. The van der Waals surface area contributed by atoms with Crippen LogP contribution in [0.15, 0.2) is 0 Å². The van der Waals surface area contributed by atoms with Crippen LogP contribution in [0.1, 0.15) is 26.7 Å². The van der Waals surface area contributed by atoms with E-state index in [0.29, 0.717) is 18.5 Å². The van der Waals surface area contributed by atoms with Gasteiger partial charge in [-0.05, 0) is 38.3 Å². The Morgan fingerprint density at radius 1 is 1.30 bits per heavy atom. The normalized spacial score (nSPS) is 16.5. The van der Waals surface area contributed by atoms with Crippen molar-refractivity contribution in [2.45, 2.75) is 32.7 Å². The molecule has 0 saturated carbocycles. The molecular formula is C13H22ClN5O. The van der Waals surface area contributed by atoms with Crippen LogP contribution in [-0.4, -0.2) is 54.3 Å². The molecule has 6 nitrogen and oxygen atoms in total. The molecule has 1 atom stereocenters. The van der Waals surface area contributed by atoms with Crippen molar-refractivity contribution >= 4 is 23.5 Å². The Morgan fingerprint density at radius 3 is 2.60 bits per heavy atom. The van der Waals surface area contributed by atoms with Crippen LogP contribution in [-0.2, 0) is 4.74 Å². The molecule has 1 saturated heterocycles. The monoisotopic (exact) mass is 299 g/mol. The number of rotatable bonds is 6. The quantitative estimate of drug-likeness (QED) is 0.801. The summed E-state index contributed by atoms with van der Waals surface area (Å²) in [6, 6.07) is 0.190. The second kappa shape index (κ2) is 7.04. The van der Waals surface area contributed by atoms with Crippen molar-refractivity contribution in [2.24, 2.45) is 0 Å². The highest BCUT2D eigenvalue weighted by atomic mass is 35.5. The minimum atomic E-state index is 0.190. The Kier molecular flexibility index (Phi) is 5.37. The molecule has 1 aliphatic heterocycles. The molecule has 0 amide bonds. The van der Waals surface area contributed by atoms with Gasteiger partial charge >= 0.3 is 0 Å². The van der Waals surface area contributed by atoms with E-state index in [1.165, 1.54) is 12.8 Å². The molecule has 20 heavy (non-hydrogen) atoms. The molecule has 2 rings (SSSR count). The van der Waals surface area contributed by atoms with Gasteiger partial charge in [0.05, 0.1) is 12.6 Å². The second-order valence-electron chi connectivity index (χ2n) is 4.99. The topological polar surface area (TPSA) is 54.4 Å². The van der Waals surface area contributed by atoms with Gasteiger partial charge in [-0.1, -0.05) is 0 Å². The van der Waals surface area contributed by atoms with E-state index < -0.39 is 0 Å². The molecular weight excluding hydrogens is 278 g/mol. The Morgan fingerprint density at radius 2 is 2.00 bits per heavy atom. The molecule has 7 heteroatoms. The first-order valence-electron chi connectivity index (χ1n) is 7.07. The molecule has 112 valence electrons. The van der Waals surface area contributed by atoms with Crippen molar-refractivity contribution in [3.8, 4) is 0 Å². The van der Waals surface area contributed by atoms with Crippen LogP contribution in [0, 0.1) is 0 Å². The van der Waals surface area contributed by atoms with Crippen molar-refractivity contribution < 1.29 is 4.74 Å². The van der Waals surface area contributed by atoms with Gasteiger partial charge in [0.15, 0.2) is 0 Å². The van der Waals surface area contributed by atoms with E-state index in [4.69, 9.17) is 16.3 Å². The minimum absolute atomic E-state index is 0.190. The molecule has 1 aromatic rings. The van der Waals surface area contributed by atoms with E-state index in [1.807, 2.05) is 0 Å². The van der Waals surface area contributed by atoms with Crippen molar-refractivity contribution in [1.29, 1.82) is 0 Å². The third-order valence-corrected chi connectivity index (χ3v) is 3.68. The number of ether oxygens (including phenoxy) is 1. The fourth-order valence-electron chi connectivity index (χ4n) is 2.50. The van der Waals surface area contributed by atoms with Crippen LogP contribution in [0.25, 0.3) is 0 Å². The van der Waals surface area contributed by atoms with Crippen LogP contribution in [0.3, 0.4) is 0 Å². The number of anilines is 2. The van der Waals surface area contributed by atoms with Gasteiger partial charge in [-0.2, -0.15) is 15.0 Å². The molecule has 1 unspecified atom stereocenters. The Hall–Kier alpha value is -1.14. The maximum Gasteiger partial charge on any atom is 0.231 e. The number of halogens is 1. The SMILES string of the molecule is CCN(c1nc(Cl)nc(N2CCCC2)n1)C(C)COC. The predicted octanol–water partition coefficient (Wildman–Crippen LogP) is 1.99. The summed E-state index contributed by atoms with van der Waals surface area (Å²) in [5.74, 6) is 1.31. The van der Waals surface area contributed by atoms with E-state index in [2.05, 4.69) is 38.6 Å². The Balaban J connectivity index is 2.25. The Labute approximate surface area is 125 Å². The molecule has 0 bridgehead atoms. The van der Waals surface area contributed by atoms with Gasteiger partial charge in [0.25, 0.3) is 0 Å². The summed E-state index contributed by atoms with van der Waals surface area (Å²) in [4.78, 5) is 17.3. The zero-order valence-corrected chi connectivity index (χ0v) is 13.1. The lowest BCUT2D eigenvalue weighted by atomic mass is 10.3. The summed E-state index contributed by atoms with van der Waals surface area (Å²) in [5.41, 5.74) is 0. The summed E-state index contributed by atoms with van der Waals surface area (Å²) < 4.78 is 5.21. The lowest BCUT2D eigenvalue weighted by Gasteiger charge is -2.28. The van der Waals surface area contributed by atoms with Gasteiger partial charge in [0, 0.05) is 26.7 Å². The molecule has 0 aliphatic carbocycles. The van der Waals surface area contributed by atoms with Crippen LogP contribution in [0.4, 0.5) is 11.9 Å². The zero-order valence-electron chi connectivity index (χ0n) is 12.3. The van der Waals surface area contributed by atoms with Crippen molar-refractivity contribution in [3.05, 3.63) is 5.28 Å². The zero-order chi connectivity index (χ0) is 14.5. The molecule has 0 N–H and O–H groups in total. The highest BCUT2D eigenvalue weighted by Crippen LogP contribution is 2.21. The molecule has 0 spiro atoms. The Bertz CT molecular complexity index is 439. The van der Waals surface area contributed by atoms with Crippen LogP contribution in [0.5, 0.6) is 0 Å². The van der Waals surface area contributed by atoms with Crippen LogP contribution >= 0.6 is 11.6 Å². The number of aromatic nitrogens is 3. The molecule has 1 fully saturated rings. The highest BCUT2D eigenvalue weighted by molar-refractivity contribution is 6.28. The molecule has 1 aliphatic rings. The first-order chi connectivity index (χ1) is 9.65. The van der Waals surface area contributed by atoms with Crippen LogP contribution in [0.2, 0.25) is 5.28 Å². The van der Waals surface area contributed by atoms with Gasteiger partial charge in [-0.25, -0.2) is 0 Å². The first-order valence-corrected chi connectivity index (χ1v) is 7.45. The average molecular weight is 300 g/mol. The summed E-state index contributed by atoms with van der Waals surface area (Å²) in [6.07, 6.45) is 2.35. The summed E-state index contributed by atoms with van der Waals surface area (Å²) in [6.45, 7) is 7.54. The van der Waals surface area contributed by atoms with Gasteiger partial charge in [0.2, 0.25) is 17.2 Å². The largest absolute Gasteiger partial charge is 0.383 e. The molecule has 0 aromatic carbocycles. The molecule has 0 radical (unpaired) electrons. The fraction of sp³-hybridized carbons (Fsp3) is 0.769. The van der Waals surface area contributed by atoms with Crippen molar-refractivity contribution in [1.82, 2.24) is 15.0 Å². The highest BCUT2D eigenvalue weighted by Gasteiger charge is 2.21. The maximum atomic E-state index is 6.06. The fourth-order valence-corrected chi connectivity index (χ4v) is 2.65. The number of hydrogen-bond donors (Lipinski definition) is 0. The molecule has 1 aromatic heterocycles. The smallest absolute Gasteiger partial charge is 0.231 e. The van der Waals surface area contributed by atoms with Gasteiger partial charge in [-0.3, -0.25) is 0 Å². The van der Waals surface area contributed by atoms with E-state index in [-0.39, 0.29) is 11.3 Å². The van der Waals surface area contributed by atoms with E-state index in [0.717, 1.165) is 19.6 Å². The minimum Gasteiger partial charge on any atom is -0.383 e. The predicted molar refractivity (Wildman–Crippen MR) is 80.6 cm³/mol. The molecule has 2 heterocycles. The van der Waals surface area contributed by atoms with Gasteiger partial charge in [-0.15, -0.1) is 0 Å². The van der Waals surface area contributed by atoms with Gasteiger partial charge in [0.1, 0.15) is 0 Å². The third kappa shape index (κ3) is 3.49. The van der Waals surface area contributed by atoms with Gasteiger partial charge < -0.3 is 14.5 Å². The second-order valence-corrected chi connectivity index (χ2v) is 5.33. The number of likely N-dealkylation sites (N-methyl/N-ethyl adjacent to an activating group) is 1. The van der Waals surface area contributed by atoms with E-state index in [1.54, 1.807) is 7.11 Å². The average Bonchev–Trinajstić information content (AvgIpc) is 2.93. The third-order valence-electron chi connectivity index (χ3n) is 3.51.